The Kier molecular flexibility index (Phi) is 9.15. The minimum Gasteiger partial charge on any atom is -0.501 e. The molecule has 0 aromatic heterocycles. The van der Waals surface area contributed by atoms with Gasteiger partial charge in [0.05, 0.1) is 26.1 Å². The maximum absolute atomic E-state index is 8.88. The number of rotatable bonds is 8. The summed E-state index contributed by atoms with van der Waals surface area (Å²) in [5, 5.41) is 8.88. The van der Waals surface area contributed by atoms with Crippen molar-refractivity contribution in [2.24, 2.45) is 0 Å². The Morgan fingerprint density at radius 3 is 2.69 bits per heavy atom. The number of aliphatic hydroxyl groups is 1. The van der Waals surface area contributed by atoms with Gasteiger partial charge >= 0.3 is 0 Å². The zero-order chi connectivity index (χ0) is 9.94. The van der Waals surface area contributed by atoms with Crippen LogP contribution in [0.4, 0.5) is 0 Å². The third-order valence-electron chi connectivity index (χ3n) is 1.55. The molecule has 0 saturated heterocycles. The summed E-state index contributed by atoms with van der Waals surface area (Å²) in [4.78, 5) is 0. The van der Waals surface area contributed by atoms with Crippen LogP contribution in [0, 0.1) is 0 Å². The Balaban J connectivity index is 3.47. The van der Waals surface area contributed by atoms with Crippen LogP contribution in [0.5, 0.6) is 0 Å². The van der Waals surface area contributed by atoms with Gasteiger partial charge in [-0.1, -0.05) is 13.3 Å². The molecular formula is C10H20O3. The molecule has 3 heteroatoms. The highest BCUT2D eigenvalue weighted by Crippen LogP contribution is 1.97. The third-order valence-corrected chi connectivity index (χ3v) is 1.55. The molecule has 0 radical (unpaired) electrons. The molecule has 0 aliphatic carbocycles. The minimum atomic E-state index is 0.00608. The first kappa shape index (κ1) is 12.5. The molecule has 0 aliphatic heterocycles. The zero-order valence-corrected chi connectivity index (χ0v) is 8.58. The number of unbranched alkanes of at least 4 members (excludes halogenated alkanes) is 1. The van der Waals surface area contributed by atoms with Crippen LogP contribution in [-0.4, -0.2) is 31.5 Å². The van der Waals surface area contributed by atoms with Gasteiger partial charge < -0.3 is 14.6 Å². The summed E-state index contributed by atoms with van der Waals surface area (Å²) in [6.45, 7) is 5.87. The van der Waals surface area contributed by atoms with E-state index in [-0.39, 0.29) is 6.61 Å². The van der Waals surface area contributed by atoms with Crippen molar-refractivity contribution in [1.29, 1.82) is 0 Å². The average molecular weight is 188 g/mol. The minimum absolute atomic E-state index is 0.00608. The van der Waals surface area contributed by atoms with Crippen LogP contribution in [0.1, 0.15) is 26.7 Å². The maximum atomic E-state index is 8.88. The first-order valence-electron chi connectivity index (χ1n) is 4.83. The van der Waals surface area contributed by atoms with Gasteiger partial charge in [-0.2, -0.15) is 0 Å². The van der Waals surface area contributed by atoms with Gasteiger partial charge in [0.2, 0.25) is 0 Å². The zero-order valence-electron chi connectivity index (χ0n) is 8.58. The fourth-order valence-electron chi connectivity index (χ4n) is 0.768. The number of hydrogen-bond donors (Lipinski definition) is 1. The second kappa shape index (κ2) is 9.55. The molecule has 0 saturated carbocycles. The topological polar surface area (TPSA) is 38.7 Å². The van der Waals surface area contributed by atoms with Crippen molar-refractivity contribution in [1.82, 2.24) is 0 Å². The molecule has 0 amide bonds. The molecule has 78 valence electrons. The lowest BCUT2D eigenvalue weighted by Crippen LogP contribution is -2.04. The lowest BCUT2D eigenvalue weighted by atomic mass is 10.3. The summed E-state index contributed by atoms with van der Waals surface area (Å²) in [6.07, 6.45) is 3.77. The standard InChI is InChI=1S/C10H20O3/c1-3-5-6-13-9-10(7-11)8-12-4-2/h8,11H,3-7,9H2,1-2H3/b10-8-. The van der Waals surface area contributed by atoms with E-state index in [0.29, 0.717) is 13.2 Å². The molecule has 0 aliphatic rings. The van der Waals surface area contributed by atoms with E-state index in [9.17, 15) is 0 Å². The molecule has 0 heterocycles. The summed E-state index contributed by atoms with van der Waals surface area (Å²) >= 11 is 0. The van der Waals surface area contributed by atoms with Crippen LogP contribution in [0.25, 0.3) is 0 Å². The van der Waals surface area contributed by atoms with Crippen molar-refractivity contribution in [2.45, 2.75) is 26.7 Å². The molecule has 0 atom stereocenters. The fraction of sp³-hybridized carbons (Fsp3) is 0.800. The van der Waals surface area contributed by atoms with E-state index in [1.54, 1.807) is 6.26 Å². The summed E-state index contributed by atoms with van der Waals surface area (Å²) in [7, 11) is 0. The van der Waals surface area contributed by atoms with E-state index in [2.05, 4.69) is 6.92 Å². The van der Waals surface area contributed by atoms with Crippen LogP contribution < -0.4 is 0 Å². The highest BCUT2D eigenvalue weighted by Gasteiger charge is 1.95. The molecule has 1 N–H and O–H groups in total. The Hall–Kier alpha value is -0.540. The molecule has 0 rings (SSSR count). The van der Waals surface area contributed by atoms with Crippen molar-refractivity contribution in [2.75, 3.05) is 26.4 Å². The first-order valence-corrected chi connectivity index (χ1v) is 4.83. The Morgan fingerprint density at radius 1 is 1.38 bits per heavy atom. The average Bonchev–Trinajstić information content (AvgIpc) is 2.17. The largest absolute Gasteiger partial charge is 0.501 e. The summed E-state index contributed by atoms with van der Waals surface area (Å²) in [5.41, 5.74) is 0.790. The van der Waals surface area contributed by atoms with E-state index in [1.807, 2.05) is 6.92 Å². The van der Waals surface area contributed by atoms with Crippen molar-refractivity contribution in [3.05, 3.63) is 11.8 Å². The lowest BCUT2D eigenvalue weighted by Gasteiger charge is -2.05. The quantitative estimate of drug-likeness (QED) is 0.465. The van der Waals surface area contributed by atoms with Crippen LogP contribution in [0.2, 0.25) is 0 Å². The molecule has 0 aromatic carbocycles. The summed E-state index contributed by atoms with van der Waals surface area (Å²) < 4.78 is 10.4. The third kappa shape index (κ3) is 7.81. The second-order valence-corrected chi connectivity index (χ2v) is 2.80. The molecule has 0 bridgehead atoms. The van der Waals surface area contributed by atoms with E-state index in [1.165, 1.54) is 0 Å². The number of aliphatic hydroxyl groups excluding tert-OH is 1. The fourth-order valence-corrected chi connectivity index (χ4v) is 0.768. The van der Waals surface area contributed by atoms with E-state index in [0.717, 1.165) is 25.0 Å². The van der Waals surface area contributed by atoms with Gasteiger partial charge in [0.15, 0.2) is 0 Å². The van der Waals surface area contributed by atoms with E-state index < -0.39 is 0 Å². The second-order valence-electron chi connectivity index (χ2n) is 2.80. The van der Waals surface area contributed by atoms with Gasteiger partial charge in [0, 0.05) is 12.2 Å². The van der Waals surface area contributed by atoms with Crippen LogP contribution >= 0.6 is 0 Å². The van der Waals surface area contributed by atoms with Crippen molar-refractivity contribution < 1.29 is 14.6 Å². The van der Waals surface area contributed by atoms with Crippen LogP contribution in [-0.2, 0) is 9.47 Å². The lowest BCUT2D eigenvalue weighted by molar-refractivity contribution is 0.138. The van der Waals surface area contributed by atoms with Gasteiger partial charge in [-0.15, -0.1) is 0 Å². The monoisotopic (exact) mass is 188 g/mol. The molecule has 0 aromatic rings. The van der Waals surface area contributed by atoms with Gasteiger partial charge in [-0.25, -0.2) is 0 Å². The Morgan fingerprint density at radius 2 is 2.15 bits per heavy atom. The Bertz CT molecular complexity index is 132. The summed E-state index contributed by atoms with van der Waals surface area (Å²) in [5.74, 6) is 0. The first-order chi connectivity index (χ1) is 6.35. The maximum Gasteiger partial charge on any atom is 0.0866 e. The van der Waals surface area contributed by atoms with Gasteiger partial charge in [-0.3, -0.25) is 0 Å². The predicted molar refractivity (Wildman–Crippen MR) is 52.5 cm³/mol. The highest BCUT2D eigenvalue weighted by atomic mass is 16.5. The molecule has 0 unspecified atom stereocenters. The highest BCUT2D eigenvalue weighted by molar-refractivity contribution is 4.97. The van der Waals surface area contributed by atoms with Gasteiger partial charge in [-0.05, 0) is 13.3 Å². The van der Waals surface area contributed by atoms with E-state index >= 15 is 0 Å². The molecule has 0 fully saturated rings. The van der Waals surface area contributed by atoms with E-state index in [4.69, 9.17) is 14.6 Å². The SMILES string of the molecule is CCCCOC/C(=C\OCC)CO. The molecule has 13 heavy (non-hydrogen) atoms. The van der Waals surface area contributed by atoms with Crippen molar-refractivity contribution >= 4 is 0 Å². The number of ether oxygens (including phenoxy) is 2. The number of hydrogen-bond acceptors (Lipinski definition) is 3. The molecule has 3 nitrogen and oxygen atoms in total. The van der Waals surface area contributed by atoms with Crippen molar-refractivity contribution in [3.8, 4) is 0 Å². The smallest absolute Gasteiger partial charge is 0.0866 e. The Labute approximate surface area is 80.4 Å². The molecule has 0 spiro atoms. The van der Waals surface area contributed by atoms with Crippen LogP contribution in [0.15, 0.2) is 11.8 Å². The predicted octanol–water partition coefficient (Wildman–Crippen LogP) is 1.72. The normalized spacial score (nSPS) is 11.8. The molecular weight excluding hydrogens is 168 g/mol. The summed E-state index contributed by atoms with van der Waals surface area (Å²) in [6, 6.07) is 0. The van der Waals surface area contributed by atoms with Crippen LogP contribution in [0.3, 0.4) is 0 Å². The van der Waals surface area contributed by atoms with Gasteiger partial charge in [0.1, 0.15) is 0 Å². The van der Waals surface area contributed by atoms with Crippen molar-refractivity contribution in [3.63, 3.8) is 0 Å². The van der Waals surface area contributed by atoms with Gasteiger partial charge in [0.25, 0.3) is 0 Å².